The number of aryl methyl sites for hydroxylation is 2. The molecule has 0 fully saturated rings. The fourth-order valence-electron chi connectivity index (χ4n) is 3.41. The molecular formula is C21H19N5O2S. The molecule has 0 aliphatic rings. The second-order valence-corrected chi connectivity index (χ2v) is 7.97. The maximum atomic E-state index is 12.9. The summed E-state index contributed by atoms with van der Waals surface area (Å²) in [6.07, 6.45) is 1.67. The number of carbonyl (C=O) groups is 1. The van der Waals surface area contributed by atoms with Crippen molar-refractivity contribution < 1.29 is 9.53 Å². The minimum absolute atomic E-state index is 0.214. The van der Waals surface area contributed by atoms with Crippen molar-refractivity contribution in [2.75, 3.05) is 12.4 Å². The maximum absolute atomic E-state index is 12.9. The van der Waals surface area contributed by atoms with Crippen LogP contribution >= 0.6 is 11.3 Å². The van der Waals surface area contributed by atoms with Gasteiger partial charge in [0.2, 0.25) is 11.6 Å². The van der Waals surface area contributed by atoms with Crippen LogP contribution in [0.25, 0.3) is 20.7 Å². The van der Waals surface area contributed by atoms with Crippen molar-refractivity contribution in [3.63, 3.8) is 0 Å². The molecule has 0 aromatic carbocycles. The number of thiophene rings is 1. The normalized spacial score (nSPS) is 10.9. The van der Waals surface area contributed by atoms with Crippen molar-refractivity contribution in [2.45, 2.75) is 20.8 Å². The molecule has 29 heavy (non-hydrogen) atoms. The Labute approximate surface area is 171 Å². The van der Waals surface area contributed by atoms with Gasteiger partial charge in [0.15, 0.2) is 0 Å². The molecule has 0 unspecified atom stereocenters. The van der Waals surface area contributed by atoms with Gasteiger partial charge < -0.3 is 19.6 Å². The fourth-order valence-corrected chi connectivity index (χ4v) is 4.47. The summed E-state index contributed by atoms with van der Waals surface area (Å²) in [5, 5.41) is 4.66. The number of nitrogens with zero attached hydrogens (tertiary/aromatic N) is 3. The third-order valence-corrected chi connectivity index (χ3v) is 5.78. The van der Waals surface area contributed by atoms with E-state index in [4.69, 9.17) is 11.3 Å². The Hall–Kier alpha value is -3.57. The van der Waals surface area contributed by atoms with Gasteiger partial charge in [-0.1, -0.05) is 0 Å². The molecule has 4 aromatic heterocycles. The van der Waals surface area contributed by atoms with E-state index >= 15 is 0 Å². The van der Waals surface area contributed by atoms with Gasteiger partial charge in [-0.05, 0) is 43.8 Å². The number of aromatic nitrogens is 3. The van der Waals surface area contributed by atoms with Crippen molar-refractivity contribution >= 4 is 39.7 Å². The highest BCUT2D eigenvalue weighted by molar-refractivity contribution is 7.15. The average molecular weight is 405 g/mol. The zero-order chi connectivity index (χ0) is 20.7. The molecule has 0 aliphatic carbocycles. The van der Waals surface area contributed by atoms with Gasteiger partial charge in [0, 0.05) is 22.8 Å². The molecule has 1 amide bonds. The molecule has 0 bridgehead atoms. The molecule has 0 radical (unpaired) electrons. The molecule has 0 aliphatic heterocycles. The summed E-state index contributed by atoms with van der Waals surface area (Å²) in [5.74, 6) is 0.881. The predicted molar refractivity (Wildman–Crippen MR) is 115 cm³/mol. The Morgan fingerprint density at radius 3 is 2.79 bits per heavy atom. The van der Waals surface area contributed by atoms with Crippen molar-refractivity contribution in [1.29, 1.82) is 0 Å². The lowest BCUT2D eigenvalue weighted by molar-refractivity contribution is 0.102. The molecule has 7 nitrogen and oxygen atoms in total. The van der Waals surface area contributed by atoms with Crippen LogP contribution in [0.2, 0.25) is 0 Å². The van der Waals surface area contributed by atoms with Gasteiger partial charge in [0.05, 0.1) is 31.0 Å². The van der Waals surface area contributed by atoms with E-state index in [0.717, 1.165) is 32.2 Å². The van der Waals surface area contributed by atoms with E-state index in [0.29, 0.717) is 22.9 Å². The van der Waals surface area contributed by atoms with E-state index in [-0.39, 0.29) is 5.91 Å². The summed E-state index contributed by atoms with van der Waals surface area (Å²) in [6.45, 7) is 13.2. The first-order valence-corrected chi connectivity index (χ1v) is 9.74. The van der Waals surface area contributed by atoms with Gasteiger partial charge in [-0.3, -0.25) is 4.79 Å². The molecule has 4 rings (SSSR count). The van der Waals surface area contributed by atoms with Crippen LogP contribution in [0.15, 0.2) is 30.5 Å². The number of ether oxygens (including phenoxy) is 1. The van der Waals surface area contributed by atoms with Crippen LogP contribution in [-0.2, 0) is 0 Å². The quantitative estimate of drug-likeness (QED) is 0.461. The minimum atomic E-state index is -0.214. The van der Waals surface area contributed by atoms with E-state index in [1.165, 1.54) is 0 Å². The summed E-state index contributed by atoms with van der Waals surface area (Å²) in [4.78, 5) is 25.0. The minimum Gasteiger partial charge on any atom is -0.481 e. The molecule has 0 atom stereocenters. The van der Waals surface area contributed by atoms with Crippen molar-refractivity contribution in [3.8, 4) is 10.9 Å². The smallest absolute Gasteiger partial charge is 0.258 e. The highest BCUT2D eigenvalue weighted by atomic mass is 32.1. The van der Waals surface area contributed by atoms with Crippen LogP contribution in [-0.4, -0.2) is 27.6 Å². The molecule has 8 heteroatoms. The van der Waals surface area contributed by atoms with E-state index in [9.17, 15) is 4.79 Å². The third-order valence-electron chi connectivity index (χ3n) is 4.75. The van der Waals surface area contributed by atoms with Crippen molar-refractivity contribution in [3.05, 3.63) is 63.7 Å². The molecule has 4 heterocycles. The van der Waals surface area contributed by atoms with Crippen LogP contribution in [0, 0.1) is 27.3 Å². The first-order chi connectivity index (χ1) is 13.9. The lowest BCUT2D eigenvalue weighted by Gasteiger charge is -2.08. The summed E-state index contributed by atoms with van der Waals surface area (Å²) < 4.78 is 7.11. The number of aromatic amines is 1. The predicted octanol–water partition coefficient (Wildman–Crippen LogP) is 5.15. The number of amides is 1. The molecule has 146 valence electrons. The van der Waals surface area contributed by atoms with E-state index in [1.54, 1.807) is 30.7 Å². The maximum Gasteiger partial charge on any atom is 0.258 e. The summed E-state index contributed by atoms with van der Waals surface area (Å²) in [6, 6.07) is 7.37. The lowest BCUT2D eigenvalue weighted by atomic mass is 10.2. The summed E-state index contributed by atoms with van der Waals surface area (Å²) >= 11 is 1.55. The molecule has 0 spiro atoms. The van der Waals surface area contributed by atoms with Crippen molar-refractivity contribution in [2.24, 2.45) is 0 Å². The van der Waals surface area contributed by atoms with Crippen LogP contribution in [0.3, 0.4) is 0 Å². The molecule has 0 saturated carbocycles. The number of hydrogen-bond acceptors (Lipinski definition) is 4. The zero-order valence-corrected chi connectivity index (χ0v) is 17.3. The van der Waals surface area contributed by atoms with Crippen LogP contribution in [0.5, 0.6) is 5.88 Å². The second kappa shape index (κ2) is 7.11. The molecule has 2 N–H and O–H groups in total. The number of fused-ring (bicyclic) bond motifs is 1. The third kappa shape index (κ3) is 3.26. The van der Waals surface area contributed by atoms with Gasteiger partial charge in [-0.25, -0.2) is 9.83 Å². The largest absolute Gasteiger partial charge is 0.481 e. The fraction of sp³-hybridized carbons (Fsp3) is 0.190. The van der Waals surface area contributed by atoms with Gasteiger partial charge >= 0.3 is 0 Å². The molecular weight excluding hydrogens is 386 g/mol. The van der Waals surface area contributed by atoms with Crippen LogP contribution in [0.1, 0.15) is 26.6 Å². The number of pyridine rings is 1. The Bertz CT molecular complexity index is 1290. The Kier molecular flexibility index (Phi) is 4.60. The Morgan fingerprint density at radius 1 is 1.28 bits per heavy atom. The standard InChI is InChI=1S/C21H19N5O2S/c1-11-6-15(13(3)26(11)21-16(22-4)7-12(2)29-21)20(27)25-18-8-14-9-19(28-5)23-10-17(14)24-18/h6-10,24H,1-3,5H3,(H,25,27). The molecule has 4 aromatic rings. The number of anilines is 1. The Balaban J connectivity index is 1.67. The number of methoxy groups -OCH3 is 1. The topological polar surface area (TPSA) is 76.3 Å². The number of nitrogens with one attached hydrogen (secondary N) is 2. The SMILES string of the molecule is [C-]#[N+]c1cc(C)sc1-n1c(C)cc(C(=O)Nc2cc3cc(OC)ncc3[nH]2)c1C. The van der Waals surface area contributed by atoms with Gasteiger partial charge in [0.25, 0.3) is 5.91 Å². The lowest BCUT2D eigenvalue weighted by Crippen LogP contribution is -2.13. The zero-order valence-electron chi connectivity index (χ0n) is 16.5. The number of hydrogen-bond donors (Lipinski definition) is 2. The monoisotopic (exact) mass is 405 g/mol. The number of carbonyl (C=O) groups excluding carboxylic acids is 1. The number of rotatable bonds is 4. The first-order valence-electron chi connectivity index (χ1n) is 8.92. The second-order valence-electron chi connectivity index (χ2n) is 6.73. The molecule has 0 saturated heterocycles. The van der Waals surface area contributed by atoms with Gasteiger partial charge in [0.1, 0.15) is 10.8 Å². The van der Waals surface area contributed by atoms with Crippen molar-refractivity contribution in [1.82, 2.24) is 14.5 Å². The highest BCUT2D eigenvalue weighted by Gasteiger charge is 2.20. The van der Waals surface area contributed by atoms with Crippen LogP contribution < -0.4 is 10.1 Å². The summed E-state index contributed by atoms with van der Waals surface area (Å²) in [5.41, 5.74) is 3.68. The van der Waals surface area contributed by atoms with E-state index in [1.807, 2.05) is 43.5 Å². The Morgan fingerprint density at radius 2 is 2.07 bits per heavy atom. The summed E-state index contributed by atoms with van der Waals surface area (Å²) in [7, 11) is 1.56. The van der Waals surface area contributed by atoms with E-state index in [2.05, 4.69) is 20.1 Å². The van der Waals surface area contributed by atoms with Gasteiger partial charge in [-0.15, -0.1) is 11.3 Å². The van der Waals surface area contributed by atoms with Gasteiger partial charge in [-0.2, -0.15) is 0 Å². The number of H-pyrrole nitrogens is 1. The van der Waals surface area contributed by atoms with Crippen LogP contribution in [0.4, 0.5) is 11.5 Å². The average Bonchev–Trinajstić information content (AvgIpc) is 3.35. The first kappa shape index (κ1) is 18.8. The highest BCUT2D eigenvalue weighted by Crippen LogP contribution is 2.36. The van der Waals surface area contributed by atoms with E-state index < -0.39 is 0 Å².